The van der Waals surface area contributed by atoms with Gasteiger partial charge < -0.3 is 16.0 Å². The van der Waals surface area contributed by atoms with Gasteiger partial charge in [0.1, 0.15) is 12.1 Å². The first-order valence-corrected chi connectivity index (χ1v) is 7.80. The van der Waals surface area contributed by atoms with Gasteiger partial charge in [-0.3, -0.25) is 0 Å². The molecule has 2 fully saturated rings. The number of nitrogens with zero attached hydrogens (tertiary/aromatic N) is 3. The summed E-state index contributed by atoms with van der Waals surface area (Å²) in [7, 11) is 0. The molecule has 1 aromatic carbocycles. The lowest BCUT2D eigenvalue weighted by molar-refractivity contribution is 0.188. The Bertz CT molecular complexity index is 656. The summed E-state index contributed by atoms with van der Waals surface area (Å²) in [5.74, 6) is 0.941. The molecule has 0 bridgehead atoms. The average Bonchev–Trinajstić information content (AvgIpc) is 2.95. The van der Waals surface area contributed by atoms with Crippen LogP contribution in [0.1, 0.15) is 25.7 Å². The third kappa shape index (κ3) is 2.42. The Morgan fingerprint density at radius 2 is 2.14 bits per heavy atom. The van der Waals surface area contributed by atoms with E-state index in [1.54, 1.807) is 6.33 Å². The largest absolute Gasteiger partial charge is 0.399 e. The number of rotatable bonds is 2. The molecule has 1 aromatic heterocycles. The van der Waals surface area contributed by atoms with Gasteiger partial charge in [-0.1, -0.05) is 0 Å². The van der Waals surface area contributed by atoms with Crippen molar-refractivity contribution in [1.29, 1.82) is 0 Å². The van der Waals surface area contributed by atoms with E-state index < -0.39 is 0 Å². The maximum atomic E-state index is 5.83. The van der Waals surface area contributed by atoms with E-state index in [0.717, 1.165) is 28.5 Å². The number of anilines is 2. The molecule has 4 rings (SSSR count). The molecule has 2 aliphatic rings. The van der Waals surface area contributed by atoms with Gasteiger partial charge in [0.2, 0.25) is 0 Å². The van der Waals surface area contributed by atoms with Crippen LogP contribution in [0.3, 0.4) is 0 Å². The zero-order chi connectivity index (χ0) is 14.2. The van der Waals surface area contributed by atoms with Crippen molar-refractivity contribution in [1.82, 2.24) is 14.9 Å². The first-order valence-electron chi connectivity index (χ1n) is 7.80. The predicted octanol–water partition coefficient (Wildman–Crippen LogP) is 2.25. The third-order valence-electron chi connectivity index (χ3n) is 4.82. The summed E-state index contributed by atoms with van der Waals surface area (Å²) < 4.78 is 0. The van der Waals surface area contributed by atoms with E-state index in [1.807, 2.05) is 18.2 Å². The Morgan fingerprint density at radius 3 is 3.10 bits per heavy atom. The Labute approximate surface area is 124 Å². The highest BCUT2D eigenvalue weighted by molar-refractivity contribution is 5.90. The van der Waals surface area contributed by atoms with Crippen LogP contribution in [0.15, 0.2) is 24.5 Å². The first kappa shape index (κ1) is 12.8. The zero-order valence-electron chi connectivity index (χ0n) is 12.1. The normalized spacial score (nSPS) is 25.9. The van der Waals surface area contributed by atoms with Crippen molar-refractivity contribution in [3.8, 4) is 0 Å². The minimum atomic E-state index is 0.514. The second-order valence-corrected chi connectivity index (χ2v) is 6.20. The van der Waals surface area contributed by atoms with Crippen molar-refractivity contribution in [2.24, 2.45) is 0 Å². The maximum Gasteiger partial charge on any atom is 0.137 e. The quantitative estimate of drug-likeness (QED) is 0.827. The fraction of sp³-hybridized carbons (Fsp3) is 0.500. The summed E-state index contributed by atoms with van der Waals surface area (Å²) in [6.07, 6.45) is 6.73. The van der Waals surface area contributed by atoms with Crippen LogP contribution in [0.2, 0.25) is 0 Å². The monoisotopic (exact) mass is 283 g/mol. The molecule has 0 saturated carbocycles. The van der Waals surface area contributed by atoms with Crippen LogP contribution in [-0.4, -0.2) is 40.0 Å². The van der Waals surface area contributed by atoms with Crippen molar-refractivity contribution in [2.45, 2.75) is 37.8 Å². The number of hydrogen-bond acceptors (Lipinski definition) is 5. The SMILES string of the molecule is Nc1ccc2c(NC3CCN4CCCC4C3)ncnc2c1. The highest BCUT2D eigenvalue weighted by Gasteiger charge is 2.31. The van der Waals surface area contributed by atoms with Gasteiger partial charge in [-0.15, -0.1) is 0 Å². The molecule has 0 amide bonds. The second kappa shape index (κ2) is 5.15. The van der Waals surface area contributed by atoms with E-state index in [4.69, 9.17) is 5.73 Å². The molecule has 2 unspecified atom stereocenters. The molecule has 0 radical (unpaired) electrons. The molecular formula is C16H21N5. The molecule has 3 N–H and O–H groups in total. The number of hydrogen-bond donors (Lipinski definition) is 2. The lowest BCUT2D eigenvalue weighted by atomic mass is 9.97. The lowest BCUT2D eigenvalue weighted by Crippen LogP contribution is -2.42. The van der Waals surface area contributed by atoms with Crippen molar-refractivity contribution in [2.75, 3.05) is 24.1 Å². The van der Waals surface area contributed by atoms with Crippen LogP contribution < -0.4 is 11.1 Å². The third-order valence-corrected chi connectivity index (χ3v) is 4.82. The van der Waals surface area contributed by atoms with Crippen molar-refractivity contribution in [3.05, 3.63) is 24.5 Å². The summed E-state index contributed by atoms with van der Waals surface area (Å²) in [5, 5.41) is 4.69. The average molecular weight is 283 g/mol. The smallest absolute Gasteiger partial charge is 0.137 e. The molecule has 0 aliphatic carbocycles. The maximum absolute atomic E-state index is 5.83. The minimum absolute atomic E-state index is 0.514. The van der Waals surface area contributed by atoms with E-state index in [-0.39, 0.29) is 0 Å². The van der Waals surface area contributed by atoms with Crippen molar-refractivity contribution < 1.29 is 0 Å². The molecule has 3 heterocycles. The molecule has 110 valence electrons. The molecule has 0 spiro atoms. The Balaban J connectivity index is 1.57. The van der Waals surface area contributed by atoms with Crippen LogP contribution in [0.4, 0.5) is 11.5 Å². The molecule has 5 heteroatoms. The van der Waals surface area contributed by atoms with Gasteiger partial charge in [-0.05, 0) is 50.4 Å². The van der Waals surface area contributed by atoms with Gasteiger partial charge in [0.25, 0.3) is 0 Å². The molecule has 2 atom stereocenters. The molecule has 2 aromatic rings. The van der Waals surface area contributed by atoms with Gasteiger partial charge in [0.05, 0.1) is 5.52 Å². The van der Waals surface area contributed by atoms with Crippen LogP contribution in [0, 0.1) is 0 Å². The highest BCUT2D eigenvalue weighted by Crippen LogP contribution is 2.29. The van der Waals surface area contributed by atoms with E-state index in [2.05, 4.69) is 20.2 Å². The Hall–Kier alpha value is -1.88. The Kier molecular flexibility index (Phi) is 3.15. The van der Waals surface area contributed by atoms with Crippen molar-refractivity contribution >= 4 is 22.4 Å². The zero-order valence-corrected chi connectivity index (χ0v) is 12.1. The molecule has 2 aliphatic heterocycles. The predicted molar refractivity (Wildman–Crippen MR) is 85.2 cm³/mol. The number of piperidine rings is 1. The summed E-state index contributed by atoms with van der Waals surface area (Å²) >= 11 is 0. The molecule has 2 saturated heterocycles. The van der Waals surface area contributed by atoms with Gasteiger partial charge in [-0.2, -0.15) is 0 Å². The number of nitrogen functional groups attached to an aromatic ring is 1. The molecule has 5 nitrogen and oxygen atoms in total. The van der Waals surface area contributed by atoms with Crippen LogP contribution in [0.25, 0.3) is 10.9 Å². The number of nitrogens with one attached hydrogen (secondary N) is 1. The first-order chi connectivity index (χ1) is 10.3. The van der Waals surface area contributed by atoms with Gasteiger partial charge in [0, 0.05) is 29.7 Å². The van der Waals surface area contributed by atoms with Gasteiger partial charge in [0.15, 0.2) is 0 Å². The summed E-state index contributed by atoms with van der Waals surface area (Å²) in [5.41, 5.74) is 7.48. The summed E-state index contributed by atoms with van der Waals surface area (Å²) in [6.45, 7) is 2.49. The van der Waals surface area contributed by atoms with Gasteiger partial charge in [-0.25, -0.2) is 9.97 Å². The van der Waals surface area contributed by atoms with E-state index in [0.29, 0.717) is 6.04 Å². The number of nitrogens with two attached hydrogens (primary N) is 1. The summed E-state index contributed by atoms with van der Waals surface area (Å²) in [4.78, 5) is 11.4. The van der Waals surface area contributed by atoms with E-state index in [1.165, 1.54) is 38.8 Å². The number of aromatic nitrogens is 2. The number of fused-ring (bicyclic) bond motifs is 2. The highest BCUT2D eigenvalue weighted by atomic mass is 15.2. The molecule has 21 heavy (non-hydrogen) atoms. The standard InChI is InChI=1S/C16H21N5/c17-11-3-4-14-15(8-11)18-10-19-16(14)20-12-5-7-21-6-1-2-13(21)9-12/h3-4,8,10,12-13H,1-2,5-7,9,17H2,(H,18,19,20). The Morgan fingerprint density at radius 1 is 1.19 bits per heavy atom. The van der Waals surface area contributed by atoms with Crippen LogP contribution in [-0.2, 0) is 0 Å². The second-order valence-electron chi connectivity index (χ2n) is 6.20. The fourth-order valence-electron chi connectivity index (χ4n) is 3.74. The molecular weight excluding hydrogens is 262 g/mol. The fourth-order valence-corrected chi connectivity index (χ4v) is 3.74. The van der Waals surface area contributed by atoms with Gasteiger partial charge >= 0.3 is 0 Å². The van der Waals surface area contributed by atoms with E-state index in [9.17, 15) is 0 Å². The van der Waals surface area contributed by atoms with Crippen LogP contribution in [0.5, 0.6) is 0 Å². The minimum Gasteiger partial charge on any atom is -0.399 e. The summed E-state index contributed by atoms with van der Waals surface area (Å²) in [6, 6.07) is 7.11. The van der Waals surface area contributed by atoms with E-state index >= 15 is 0 Å². The lowest BCUT2D eigenvalue weighted by Gasteiger charge is -2.35. The van der Waals surface area contributed by atoms with Crippen molar-refractivity contribution in [3.63, 3.8) is 0 Å². The number of benzene rings is 1. The van der Waals surface area contributed by atoms with Crippen LogP contribution >= 0.6 is 0 Å². The topological polar surface area (TPSA) is 67.1 Å².